The van der Waals surface area contributed by atoms with Crippen LogP contribution in [-0.2, 0) is 25.6 Å². The molecular formula is C32H44N2O7S. The maximum Gasteiger partial charge on any atom is 0.311 e. The Morgan fingerprint density at radius 1 is 0.952 bits per heavy atom. The number of carbonyl (C=O) groups is 2. The van der Waals surface area contributed by atoms with Gasteiger partial charge in [-0.05, 0) is 117 Å². The van der Waals surface area contributed by atoms with Crippen molar-refractivity contribution in [3.05, 3.63) is 39.1 Å². The second kappa shape index (κ2) is 12.6. The van der Waals surface area contributed by atoms with Gasteiger partial charge in [-0.3, -0.25) is 9.59 Å². The quantitative estimate of drug-likeness (QED) is 0.0824. The first-order valence-corrected chi connectivity index (χ1v) is 16.3. The molecule has 3 fully saturated rings. The second-order valence-electron chi connectivity index (χ2n) is 14.0. The molecule has 0 aromatic heterocycles. The zero-order valence-electron chi connectivity index (χ0n) is 25.1. The van der Waals surface area contributed by atoms with Crippen LogP contribution in [0.25, 0.3) is 0 Å². The van der Waals surface area contributed by atoms with Crippen molar-refractivity contribution in [2.45, 2.75) is 121 Å². The van der Waals surface area contributed by atoms with Crippen LogP contribution in [0.15, 0.2) is 28.1 Å². The molecule has 0 unspecified atom stereocenters. The molecule has 0 saturated heterocycles. The molecule has 3 saturated carbocycles. The number of carbonyl (C=O) groups excluding carboxylic acids is 2. The minimum atomic E-state index is -0.457. The first-order chi connectivity index (χ1) is 20.1. The summed E-state index contributed by atoms with van der Waals surface area (Å²) in [7, 11) is 0. The minimum Gasteiger partial charge on any atom is -0.466 e. The zero-order chi connectivity index (χ0) is 30.0. The maximum atomic E-state index is 12.6. The Kier molecular flexibility index (Phi) is 9.30. The number of nitrogens with zero attached hydrogens (tertiary/aromatic N) is 2. The lowest BCUT2D eigenvalue weighted by atomic mass is 9.55. The summed E-state index contributed by atoms with van der Waals surface area (Å²) in [6.45, 7) is 6.95. The van der Waals surface area contributed by atoms with Crippen molar-refractivity contribution < 1.29 is 23.9 Å². The topological polar surface area (TPSA) is 121 Å². The van der Waals surface area contributed by atoms with Gasteiger partial charge in [-0.25, -0.2) is 0 Å². The molecule has 0 amide bonds. The van der Waals surface area contributed by atoms with E-state index in [4.69, 9.17) is 14.3 Å². The predicted molar refractivity (Wildman–Crippen MR) is 161 cm³/mol. The van der Waals surface area contributed by atoms with Crippen molar-refractivity contribution in [3.8, 4) is 5.75 Å². The molecule has 0 aliphatic heterocycles. The average molecular weight is 601 g/mol. The van der Waals surface area contributed by atoms with Gasteiger partial charge in [0.15, 0.2) is 5.34 Å². The van der Waals surface area contributed by atoms with Crippen molar-refractivity contribution in [2.24, 2.45) is 32.6 Å². The lowest BCUT2D eigenvalue weighted by Crippen LogP contribution is -2.44. The number of ether oxygens (including phenoxy) is 2. The lowest BCUT2D eigenvalue weighted by Gasteiger charge is -2.50. The SMILES string of the molecule is CC1(C)CCC(CCOC(=O)CCC(=O)Oc2ccc3c(c2)CC[C@@H]2[C@@H]3CC[C@]3(C)[C@@H](ON=O)CC[C@@H]23)(SN=O)CC1. The van der Waals surface area contributed by atoms with Crippen LogP contribution in [0.3, 0.4) is 0 Å². The van der Waals surface area contributed by atoms with Gasteiger partial charge in [0.25, 0.3) is 0 Å². The Labute approximate surface area is 252 Å². The van der Waals surface area contributed by atoms with E-state index in [2.05, 4.69) is 36.8 Å². The van der Waals surface area contributed by atoms with E-state index < -0.39 is 11.9 Å². The van der Waals surface area contributed by atoms with E-state index in [9.17, 15) is 19.4 Å². The van der Waals surface area contributed by atoms with Gasteiger partial charge in [0.1, 0.15) is 11.9 Å². The molecule has 0 bridgehead atoms. The number of nitroso groups, excluding NO2 is 1. The summed E-state index contributed by atoms with van der Waals surface area (Å²) in [5.74, 6) is 1.17. The van der Waals surface area contributed by atoms with Crippen molar-refractivity contribution in [3.63, 3.8) is 0 Å². The van der Waals surface area contributed by atoms with Crippen LogP contribution < -0.4 is 4.74 Å². The summed E-state index contributed by atoms with van der Waals surface area (Å²) in [5, 5.41) is 2.76. The number of hydrogen-bond donors (Lipinski definition) is 0. The van der Waals surface area contributed by atoms with Crippen LogP contribution in [-0.4, -0.2) is 29.4 Å². The second-order valence-corrected chi connectivity index (χ2v) is 15.2. The minimum absolute atomic E-state index is 0.00335. The highest BCUT2D eigenvalue weighted by atomic mass is 32.2. The monoisotopic (exact) mass is 600 g/mol. The number of rotatable bonds is 11. The molecule has 4 aliphatic carbocycles. The van der Waals surface area contributed by atoms with E-state index in [1.54, 1.807) is 0 Å². The molecule has 5 atom stereocenters. The summed E-state index contributed by atoms with van der Waals surface area (Å²) < 4.78 is 13.8. The Balaban J connectivity index is 1.08. The summed E-state index contributed by atoms with van der Waals surface area (Å²) in [4.78, 5) is 52.0. The normalized spacial score (nSPS) is 30.6. The molecule has 1 aromatic carbocycles. The van der Waals surface area contributed by atoms with Crippen LogP contribution in [0.1, 0.15) is 115 Å². The molecule has 0 radical (unpaired) electrons. The Hall–Kier alpha value is -2.49. The summed E-state index contributed by atoms with van der Waals surface area (Å²) in [5.41, 5.74) is 2.84. The number of esters is 2. The molecule has 5 rings (SSSR count). The van der Waals surface area contributed by atoms with Gasteiger partial charge < -0.3 is 14.3 Å². The molecule has 10 heteroatoms. The molecule has 4 aliphatic rings. The van der Waals surface area contributed by atoms with Crippen LogP contribution in [0.4, 0.5) is 0 Å². The van der Waals surface area contributed by atoms with Crippen LogP contribution in [0.5, 0.6) is 5.75 Å². The van der Waals surface area contributed by atoms with Gasteiger partial charge in [0.05, 0.1) is 19.4 Å². The predicted octanol–water partition coefficient (Wildman–Crippen LogP) is 7.98. The number of benzene rings is 1. The number of aryl methyl sites for hydroxylation is 1. The van der Waals surface area contributed by atoms with E-state index in [1.165, 1.54) is 11.1 Å². The largest absolute Gasteiger partial charge is 0.466 e. The van der Waals surface area contributed by atoms with Gasteiger partial charge in [-0.1, -0.05) is 26.8 Å². The van der Waals surface area contributed by atoms with Gasteiger partial charge in [0, 0.05) is 26.7 Å². The van der Waals surface area contributed by atoms with Crippen LogP contribution >= 0.6 is 11.9 Å². The molecule has 42 heavy (non-hydrogen) atoms. The van der Waals surface area contributed by atoms with E-state index in [0.717, 1.165) is 76.2 Å². The van der Waals surface area contributed by atoms with Crippen LogP contribution in [0.2, 0.25) is 0 Å². The molecule has 0 N–H and O–H groups in total. The van der Waals surface area contributed by atoms with Crippen LogP contribution in [0, 0.1) is 32.5 Å². The van der Waals surface area contributed by atoms with Crippen molar-refractivity contribution >= 4 is 23.9 Å². The molecule has 0 spiro atoms. The third kappa shape index (κ3) is 6.53. The lowest BCUT2D eigenvalue weighted by molar-refractivity contribution is -0.147. The summed E-state index contributed by atoms with van der Waals surface area (Å²) in [6.07, 6.45) is 10.2. The third-order valence-electron chi connectivity index (χ3n) is 11.1. The number of fused-ring (bicyclic) bond motifs is 5. The molecule has 9 nitrogen and oxygen atoms in total. The first-order valence-electron chi connectivity index (χ1n) is 15.6. The fourth-order valence-corrected chi connectivity index (χ4v) is 9.18. The first kappa shape index (κ1) is 31.0. The van der Waals surface area contributed by atoms with Crippen molar-refractivity contribution in [2.75, 3.05) is 6.61 Å². The smallest absolute Gasteiger partial charge is 0.311 e. The van der Waals surface area contributed by atoms with Gasteiger partial charge >= 0.3 is 11.9 Å². The standard InChI is InChI=1S/C32H44N2O7S/c1-30(2)14-16-32(17-15-30,42-34-38)18-19-39-28(35)10-11-29(36)40-22-5-7-23-21(20-22)4-6-25-24(23)12-13-31(3)26(25)8-9-27(31)41-33-37/h5,7,20,24-27H,4,6,8-19H2,1-3H3/t24-,25-,26+,27+,31+/m1/s1. The average Bonchev–Trinajstić information content (AvgIpc) is 3.30. The fourth-order valence-electron chi connectivity index (χ4n) is 8.46. The zero-order valence-corrected chi connectivity index (χ0v) is 25.9. The van der Waals surface area contributed by atoms with E-state index in [-0.39, 0.29) is 41.1 Å². The molecular weight excluding hydrogens is 556 g/mol. The van der Waals surface area contributed by atoms with E-state index in [0.29, 0.717) is 29.9 Å². The van der Waals surface area contributed by atoms with Gasteiger partial charge in [-0.15, -0.1) is 9.81 Å². The van der Waals surface area contributed by atoms with E-state index >= 15 is 0 Å². The fraction of sp³-hybridized carbons (Fsp3) is 0.750. The molecule has 0 heterocycles. The Morgan fingerprint density at radius 3 is 2.45 bits per heavy atom. The molecule has 230 valence electrons. The van der Waals surface area contributed by atoms with Crippen molar-refractivity contribution in [1.29, 1.82) is 0 Å². The Bertz CT molecular complexity index is 1180. The van der Waals surface area contributed by atoms with Gasteiger partial charge in [0.2, 0.25) is 0 Å². The van der Waals surface area contributed by atoms with Gasteiger partial charge in [-0.2, -0.15) is 0 Å². The Morgan fingerprint density at radius 2 is 1.71 bits per heavy atom. The maximum absolute atomic E-state index is 12.6. The number of hydrogen-bond acceptors (Lipinski definition) is 10. The summed E-state index contributed by atoms with van der Waals surface area (Å²) >= 11 is 1.08. The highest BCUT2D eigenvalue weighted by Crippen LogP contribution is 2.61. The highest BCUT2D eigenvalue weighted by Gasteiger charge is 2.56. The molecule has 1 aromatic rings. The van der Waals surface area contributed by atoms with E-state index in [1.807, 2.05) is 12.1 Å². The highest BCUT2D eigenvalue weighted by molar-refractivity contribution is 7.99. The third-order valence-corrected chi connectivity index (χ3v) is 12.2. The van der Waals surface area contributed by atoms with Crippen molar-refractivity contribution in [1.82, 2.24) is 0 Å². The summed E-state index contributed by atoms with van der Waals surface area (Å²) in [6, 6.07) is 5.96.